The number of aryl methyl sites for hydroxylation is 1. The Kier molecular flexibility index (Phi) is 4.66. The van der Waals surface area contributed by atoms with E-state index in [2.05, 4.69) is 64.7 Å². The summed E-state index contributed by atoms with van der Waals surface area (Å²) < 4.78 is 0. The predicted molar refractivity (Wildman–Crippen MR) is 98.3 cm³/mol. The van der Waals surface area contributed by atoms with Crippen LogP contribution in [0.25, 0.3) is 11.3 Å². The van der Waals surface area contributed by atoms with Crippen LogP contribution in [0.5, 0.6) is 0 Å². The Bertz CT molecular complexity index is 755. The number of rotatable bonds is 5. The number of nitrogens with one attached hydrogen (secondary N) is 2. The Balaban J connectivity index is 1.81. The second kappa shape index (κ2) is 6.88. The smallest absolute Gasteiger partial charge is 0.222 e. The molecule has 0 fully saturated rings. The molecule has 0 saturated heterocycles. The van der Waals surface area contributed by atoms with Crippen molar-refractivity contribution < 1.29 is 0 Å². The number of hydrogen-bond donors (Lipinski definition) is 3. The van der Waals surface area contributed by atoms with Gasteiger partial charge in [-0.15, -0.1) is 0 Å². The van der Waals surface area contributed by atoms with Gasteiger partial charge in [0.2, 0.25) is 5.95 Å². The highest BCUT2D eigenvalue weighted by Gasteiger charge is 2.12. The predicted octanol–water partition coefficient (Wildman–Crippen LogP) is 2.48. The summed E-state index contributed by atoms with van der Waals surface area (Å²) in [7, 11) is 0. The maximum absolute atomic E-state index is 5.93. The molecule has 1 aliphatic rings. The molecule has 1 aromatic heterocycles. The number of nitrogens with zero attached hydrogens (tertiary/aromatic N) is 3. The molecule has 3 rings (SSSR count). The van der Waals surface area contributed by atoms with E-state index in [1.807, 2.05) is 18.3 Å². The van der Waals surface area contributed by atoms with E-state index < -0.39 is 0 Å². The minimum atomic E-state index is 0.209. The van der Waals surface area contributed by atoms with Crippen LogP contribution in [0.2, 0.25) is 0 Å². The quantitative estimate of drug-likeness (QED) is 0.784. The first kappa shape index (κ1) is 16.3. The summed E-state index contributed by atoms with van der Waals surface area (Å²) >= 11 is 0. The summed E-state index contributed by atoms with van der Waals surface area (Å²) in [6, 6.07) is 8.37. The maximum Gasteiger partial charge on any atom is 0.222 e. The molecule has 6 heteroatoms. The number of nitrogen functional groups attached to an aromatic ring is 1. The third-order valence-corrected chi connectivity index (χ3v) is 4.19. The van der Waals surface area contributed by atoms with Gasteiger partial charge in [0.1, 0.15) is 5.82 Å². The molecule has 0 spiro atoms. The summed E-state index contributed by atoms with van der Waals surface area (Å²) in [6.45, 7) is 8.03. The van der Waals surface area contributed by atoms with Gasteiger partial charge in [-0.2, -0.15) is 4.98 Å². The van der Waals surface area contributed by atoms with Crippen molar-refractivity contribution in [1.82, 2.24) is 20.4 Å². The molecular weight excluding hydrogens is 300 g/mol. The maximum atomic E-state index is 5.93. The molecule has 0 amide bonds. The van der Waals surface area contributed by atoms with Crippen LogP contribution >= 0.6 is 0 Å². The van der Waals surface area contributed by atoms with Gasteiger partial charge in [-0.25, -0.2) is 10.4 Å². The SMILES string of the molecule is Cc1cccc(-c2cc(NC(C)CN3C=CCN3)nc(N)n2)c1C. The van der Waals surface area contributed by atoms with Crippen molar-refractivity contribution >= 4 is 11.8 Å². The Morgan fingerprint density at radius 3 is 2.92 bits per heavy atom. The molecule has 6 nitrogen and oxygen atoms in total. The van der Waals surface area contributed by atoms with Crippen molar-refractivity contribution in [2.45, 2.75) is 26.8 Å². The molecule has 1 aromatic carbocycles. The van der Waals surface area contributed by atoms with E-state index in [1.165, 1.54) is 11.1 Å². The first-order valence-corrected chi connectivity index (χ1v) is 8.17. The highest BCUT2D eigenvalue weighted by molar-refractivity contribution is 5.68. The van der Waals surface area contributed by atoms with Gasteiger partial charge in [0.05, 0.1) is 12.2 Å². The number of nitrogens with two attached hydrogens (primary N) is 1. The fourth-order valence-corrected chi connectivity index (χ4v) is 2.83. The van der Waals surface area contributed by atoms with Gasteiger partial charge in [-0.05, 0) is 31.9 Å². The number of anilines is 2. The molecule has 24 heavy (non-hydrogen) atoms. The molecule has 2 aromatic rings. The summed E-state index contributed by atoms with van der Waals surface area (Å²) in [4.78, 5) is 8.73. The Morgan fingerprint density at radius 2 is 2.17 bits per heavy atom. The largest absolute Gasteiger partial charge is 0.368 e. The summed E-state index contributed by atoms with van der Waals surface area (Å²) in [5, 5.41) is 5.47. The second-order valence-electron chi connectivity index (χ2n) is 6.19. The Morgan fingerprint density at radius 1 is 1.33 bits per heavy atom. The highest BCUT2D eigenvalue weighted by atomic mass is 15.5. The molecule has 1 aliphatic heterocycles. The van der Waals surface area contributed by atoms with Crippen LogP contribution in [0, 0.1) is 13.8 Å². The number of hydrazine groups is 1. The van der Waals surface area contributed by atoms with Gasteiger partial charge in [-0.1, -0.05) is 24.3 Å². The van der Waals surface area contributed by atoms with E-state index in [0.29, 0.717) is 0 Å². The molecule has 2 heterocycles. The lowest BCUT2D eigenvalue weighted by atomic mass is 10.0. The van der Waals surface area contributed by atoms with Crippen molar-refractivity contribution in [1.29, 1.82) is 0 Å². The first-order valence-electron chi connectivity index (χ1n) is 8.17. The van der Waals surface area contributed by atoms with E-state index in [9.17, 15) is 0 Å². The highest BCUT2D eigenvalue weighted by Crippen LogP contribution is 2.26. The third-order valence-electron chi connectivity index (χ3n) is 4.19. The minimum absolute atomic E-state index is 0.209. The Labute approximate surface area is 142 Å². The summed E-state index contributed by atoms with van der Waals surface area (Å²) in [5.41, 5.74) is 13.6. The molecule has 0 saturated carbocycles. The van der Waals surface area contributed by atoms with Crippen LogP contribution in [-0.4, -0.2) is 34.1 Å². The zero-order valence-corrected chi connectivity index (χ0v) is 14.4. The van der Waals surface area contributed by atoms with Gasteiger partial charge in [-0.3, -0.25) is 0 Å². The molecule has 126 valence electrons. The summed E-state index contributed by atoms with van der Waals surface area (Å²) in [6.07, 6.45) is 4.14. The fourth-order valence-electron chi connectivity index (χ4n) is 2.83. The van der Waals surface area contributed by atoms with Crippen LogP contribution < -0.4 is 16.5 Å². The van der Waals surface area contributed by atoms with E-state index in [-0.39, 0.29) is 12.0 Å². The standard InChI is InChI=1S/C18H24N6/c1-12-6-4-7-15(14(12)3)16-10-17(23-18(19)22-16)21-13(2)11-24-9-5-8-20-24/h4-7,9-10,13,20H,8,11H2,1-3H3,(H3,19,21,22,23). The van der Waals surface area contributed by atoms with E-state index in [4.69, 9.17) is 5.73 Å². The van der Waals surface area contributed by atoms with Gasteiger partial charge >= 0.3 is 0 Å². The molecule has 4 N–H and O–H groups in total. The zero-order chi connectivity index (χ0) is 17.1. The van der Waals surface area contributed by atoms with Gasteiger partial charge < -0.3 is 16.1 Å². The molecule has 1 atom stereocenters. The number of benzene rings is 1. The lowest BCUT2D eigenvalue weighted by Gasteiger charge is -2.22. The summed E-state index contributed by atoms with van der Waals surface area (Å²) in [5.74, 6) is 1.02. The van der Waals surface area contributed by atoms with Crippen molar-refractivity contribution in [2.75, 3.05) is 24.1 Å². The lowest BCUT2D eigenvalue weighted by Crippen LogP contribution is -2.37. The molecular formula is C18H24N6. The number of hydrogen-bond acceptors (Lipinski definition) is 6. The normalized spacial score (nSPS) is 14.9. The van der Waals surface area contributed by atoms with Crippen molar-refractivity contribution in [3.63, 3.8) is 0 Å². The molecule has 0 radical (unpaired) electrons. The van der Waals surface area contributed by atoms with Crippen LogP contribution in [0.1, 0.15) is 18.1 Å². The first-order chi connectivity index (χ1) is 11.5. The molecule has 0 aliphatic carbocycles. The van der Waals surface area contributed by atoms with Gasteiger partial charge in [0.15, 0.2) is 0 Å². The second-order valence-corrected chi connectivity index (χ2v) is 6.19. The van der Waals surface area contributed by atoms with Gasteiger partial charge in [0.25, 0.3) is 0 Å². The van der Waals surface area contributed by atoms with Gasteiger partial charge in [0, 0.05) is 30.4 Å². The topological polar surface area (TPSA) is 79.1 Å². The van der Waals surface area contributed by atoms with Crippen molar-refractivity contribution in [3.8, 4) is 11.3 Å². The van der Waals surface area contributed by atoms with Crippen LogP contribution in [0.15, 0.2) is 36.5 Å². The van der Waals surface area contributed by atoms with E-state index in [0.717, 1.165) is 30.2 Å². The van der Waals surface area contributed by atoms with Crippen molar-refractivity contribution in [3.05, 3.63) is 47.7 Å². The lowest BCUT2D eigenvalue weighted by molar-refractivity contribution is 0.297. The average molecular weight is 324 g/mol. The van der Waals surface area contributed by atoms with Crippen molar-refractivity contribution in [2.24, 2.45) is 0 Å². The van der Waals surface area contributed by atoms with E-state index in [1.54, 1.807) is 0 Å². The Hall–Kier alpha value is -2.60. The molecule has 1 unspecified atom stereocenters. The minimum Gasteiger partial charge on any atom is -0.368 e. The number of aromatic nitrogens is 2. The average Bonchev–Trinajstić information content (AvgIpc) is 3.02. The molecule has 0 bridgehead atoms. The zero-order valence-electron chi connectivity index (χ0n) is 14.4. The fraction of sp³-hybridized carbons (Fsp3) is 0.333. The van der Waals surface area contributed by atoms with E-state index >= 15 is 0 Å². The van der Waals surface area contributed by atoms with Crippen LogP contribution in [0.4, 0.5) is 11.8 Å². The monoisotopic (exact) mass is 324 g/mol. The van der Waals surface area contributed by atoms with Crippen LogP contribution in [0.3, 0.4) is 0 Å². The van der Waals surface area contributed by atoms with Crippen LogP contribution in [-0.2, 0) is 0 Å². The third kappa shape index (κ3) is 3.65.